The first-order valence-corrected chi connectivity index (χ1v) is 5.73. The van der Waals surface area contributed by atoms with Crippen LogP contribution in [0, 0.1) is 0 Å². The molecular weight excluding hydrogens is 198 g/mol. The summed E-state index contributed by atoms with van der Waals surface area (Å²) in [6.45, 7) is 1.91. The molecule has 0 fully saturated rings. The number of nitrogens with one attached hydrogen (secondary N) is 2. The largest absolute Gasteiger partial charge is 0.307 e. The lowest BCUT2D eigenvalue weighted by Crippen LogP contribution is -2.04. The minimum atomic E-state index is 0.938. The molecule has 82 valence electrons. The number of aryl methyl sites for hydroxylation is 2. The van der Waals surface area contributed by atoms with Gasteiger partial charge in [-0.05, 0) is 18.4 Å². The van der Waals surface area contributed by atoms with Crippen molar-refractivity contribution in [2.24, 2.45) is 0 Å². The van der Waals surface area contributed by atoms with E-state index in [2.05, 4.69) is 45.8 Å². The van der Waals surface area contributed by atoms with E-state index in [1.165, 1.54) is 22.5 Å². The third-order valence-electron chi connectivity index (χ3n) is 3.14. The molecule has 0 spiro atoms. The van der Waals surface area contributed by atoms with E-state index in [0.29, 0.717) is 0 Å². The molecule has 0 unspecified atom stereocenters. The molecule has 2 heterocycles. The maximum Gasteiger partial charge on any atom is 0.0673 e. The normalized spacial score (nSPS) is 14.0. The molecule has 1 aliphatic heterocycles. The van der Waals surface area contributed by atoms with Gasteiger partial charge < -0.3 is 5.32 Å². The van der Waals surface area contributed by atoms with Gasteiger partial charge in [0, 0.05) is 18.7 Å². The first-order chi connectivity index (χ1) is 7.93. The van der Waals surface area contributed by atoms with Gasteiger partial charge in [0.05, 0.1) is 11.4 Å². The van der Waals surface area contributed by atoms with Crippen molar-refractivity contribution in [2.45, 2.75) is 25.9 Å². The first kappa shape index (κ1) is 9.60. The Balaban J connectivity index is 1.71. The zero-order valence-electron chi connectivity index (χ0n) is 9.16. The molecular formula is C13H15N3. The fourth-order valence-electron chi connectivity index (χ4n) is 2.23. The number of aromatic nitrogens is 2. The van der Waals surface area contributed by atoms with Crippen molar-refractivity contribution >= 4 is 0 Å². The Morgan fingerprint density at radius 2 is 1.94 bits per heavy atom. The highest BCUT2D eigenvalue weighted by Gasteiger charge is 2.17. The number of rotatable bonds is 3. The minimum absolute atomic E-state index is 0.938. The molecule has 3 heteroatoms. The molecule has 0 atom stereocenters. The van der Waals surface area contributed by atoms with Gasteiger partial charge in [-0.3, -0.25) is 5.10 Å². The lowest BCUT2D eigenvalue weighted by Gasteiger charge is -2.00. The molecule has 0 saturated carbocycles. The Kier molecular flexibility index (Phi) is 2.46. The quantitative estimate of drug-likeness (QED) is 0.816. The second kappa shape index (κ2) is 4.10. The summed E-state index contributed by atoms with van der Waals surface area (Å²) >= 11 is 0. The van der Waals surface area contributed by atoms with Gasteiger partial charge in [0.15, 0.2) is 0 Å². The van der Waals surface area contributed by atoms with E-state index in [1.54, 1.807) is 0 Å². The van der Waals surface area contributed by atoms with Gasteiger partial charge in [-0.25, -0.2) is 0 Å². The van der Waals surface area contributed by atoms with Crippen LogP contribution in [-0.4, -0.2) is 10.2 Å². The van der Waals surface area contributed by atoms with Gasteiger partial charge >= 0.3 is 0 Å². The third kappa shape index (κ3) is 1.74. The molecule has 1 aromatic heterocycles. The van der Waals surface area contributed by atoms with Gasteiger partial charge in [0.2, 0.25) is 0 Å². The van der Waals surface area contributed by atoms with E-state index in [-0.39, 0.29) is 0 Å². The predicted octanol–water partition coefficient (Wildman–Crippen LogP) is 1.80. The van der Waals surface area contributed by atoms with Crippen LogP contribution in [-0.2, 0) is 25.9 Å². The van der Waals surface area contributed by atoms with E-state index < -0.39 is 0 Å². The number of benzene rings is 1. The molecule has 2 aromatic rings. The molecule has 0 bridgehead atoms. The summed E-state index contributed by atoms with van der Waals surface area (Å²) in [6.07, 6.45) is 2.09. The van der Waals surface area contributed by atoms with Crippen molar-refractivity contribution in [3.05, 3.63) is 52.8 Å². The highest BCUT2D eigenvalue weighted by Crippen LogP contribution is 2.18. The summed E-state index contributed by atoms with van der Waals surface area (Å²) in [6, 6.07) is 10.6. The summed E-state index contributed by atoms with van der Waals surface area (Å²) in [5.74, 6) is 0. The number of hydrogen-bond acceptors (Lipinski definition) is 2. The van der Waals surface area contributed by atoms with E-state index in [1.807, 2.05) is 0 Å². The van der Waals surface area contributed by atoms with Crippen LogP contribution in [0.25, 0.3) is 0 Å². The van der Waals surface area contributed by atoms with Crippen LogP contribution in [0.3, 0.4) is 0 Å². The van der Waals surface area contributed by atoms with E-state index in [9.17, 15) is 0 Å². The van der Waals surface area contributed by atoms with Crippen LogP contribution < -0.4 is 5.32 Å². The molecule has 1 aromatic carbocycles. The van der Waals surface area contributed by atoms with Gasteiger partial charge in [0.1, 0.15) is 0 Å². The van der Waals surface area contributed by atoms with E-state index in [0.717, 1.165) is 25.9 Å². The summed E-state index contributed by atoms with van der Waals surface area (Å²) in [7, 11) is 0. The Morgan fingerprint density at radius 3 is 2.81 bits per heavy atom. The molecule has 0 aliphatic carbocycles. The lowest BCUT2D eigenvalue weighted by atomic mass is 10.1. The van der Waals surface area contributed by atoms with Crippen LogP contribution in [0.1, 0.15) is 22.5 Å². The third-order valence-corrected chi connectivity index (χ3v) is 3.14. The Hall–Kier alpha value is -1.61. The number of nitrogens with zero attached hydrogens (tertiary/aromatic N) is 1. The second-order valence-electron chi connectivity index (χ2n) is 4.22. The topological polar surface area (TPSA) is 40.7 Å². The number of fused-ring (bicyclic) bond motifs is 1. The second-order valence-corrected chi connectivity index (χ2v) is 4.22. The molecule has 2 N–H and O–H groups in total. The molecule has 3 nitrogen and oxygen atoms in total. The molecule has 0 saturated heterocycles. The highest BCUT2D eigenvalue weighted by molar-refractivity contribution is 5.29. The van der Waals surface area contributed by atoms with Gasteiger partial charge in [0.25, 0.3) is 0 Å². The fraction of sp³-hybridized carbons (Fsp3) is 0.308. The average Bonchev–Trinajstić information content (AvgIpc) is 2.90. The van der Waals surface area contributed by atoms with Gasteiger partial charge in [-0.2, -0.15) is 5.10 Å². The maximum absolute atomic E-state index is 4.39. The summed E-state index contributed by atoms with van der Waals surface area (Å²) in [5, 5.41) is 10.8. The van der Waals surface area contributed by atoms with E-state index >= 15 is 0 Å². The zero-order valence-corrected chi connectivity index (χ0v) is 9.16. The molecule has 0 amide bonds. The predicted molar refractivity (Wildman–Crippen MR) is 63.0 cm³/mol. The monoisotopic (exact) mass is 213 g/mol. The van der Waals surface area contributed by atoms with Gasteiger partial charge in [-0.15, -0.1) is 0 Å². The average molecular weight is 213 g/mol. The SMILES string of the molecule is c1ccc(CCc2n[nH]c3c2CNC3)cc1. The van der Waals surface area contributed by atoms with Crippen molar-refractivity contribution in [2.75, 3.05) is 0 Å². The molecule has 1 aliphatic rings. The number of H-pyrrole nitrogens is 1. The van der Waals surface area contributed by atoms with Crippen molar-refractivity contribution < 1.29 is 0 Å². The highest BCUT2D eigenvalue weighted by atomic mass is 15.2. The van der Waals surface area contributed by atoms with Crippen molar-refractivity contribution in [3.8, 4) is 0 Å². The van der Waals surface area contributed by atoms with Crippen LogP contribution >= 0.6 is 0 Å². The van der Waals surface area contributed by atoms with E-state index in [4.69, 9.17) is 0 Å². The zero-order chi connectivity index (χ0) is 10.8. The number of hydrogen-bond donors (Lipinski definition) is 2. The van der Waals surface area contributed by atoms with Crippen LogP contribution in [0.2, 0.25) is 0 Å². The van der Waals surface area contributed by atoms with Crippen molar-refractivity contribution in [1.82, 2.24) is 15.5 Å². The molecule has 3 rings (SSSR count). The van der Waals surface area contributed by atoms with Crippen LogP contribution in [0.5, 0.6) is 0 Å². The van der Waals surface area contributed by atoms with Crippen LogP contribution in [0.15, 0.2) is 30.3 Å². The Bertz CT molecular complexity index is 473. The fourth-order valence-corrected chi connectivity index (χ4v) is 2.23. The minimum Gasteiger partial charge on any atom is -0.307 e. The van der Waals surface area contributed by atoms with Crippen molar-refractivity contribution in [1.29, 1.82) is 0 Å². The standard InChI is InChI=1S/C13H15N3/c1-2-4-10(5-3-1)6-7-12-11-8-14-9-13(11)16-15-12/h1-5,14H,6-9H2,(H,15,16). The summed E-state index contributed by atoms with van der Waals surface area (Å²) in [5.41, 5.74) is 5.26. The summed E-state index contributed by atoms with van der Waals surface area (Å²) in [4.78, 5) is 0. The molecule has 0 radical (unpaired) electrons. The lowest BCUT2D eigenvalue weighted by molar-refractivity contribution is 0.728. The smallest absolute Gasteiger partial charge is 0.0673 e. The van der Waals surface area contributed by atoms with Crippen LogP contribution in [0.4, 0.5) is 0 Å². The summed E-state index contributed by atoms with van der Waals surface area (Å²) < 4.78 is 0. The first-order valence-electron chi connectivity index (χ1n) is 5.73. The van der Waals surface area contributed by atoms with Gasteiger partial charge in [-0.1, -0.05) is 30.3 Å². The Morgan fingerprint density at radius 1 is 1.06 bits per heavy atom. The molecule has 16 heavy (non-hydrogen) atoms. The maximum atomic E-state index is 4.39. The number of aromatic amines is 1. The van der Waals surface area contributed by atoms with Crippen molar-refractivity contribution in [3.63, 3.8) is 0 Å². The Labute approximate surface area is 94.9 Å².